The van der Waals surface area contributed by atoms with E-state index in [4.69, 9.17) is 26.0 Å². The van der Waals surface area contributed by atoms with Gasteiger partial charge in [-0.25, -0.2) is 0 Å². The summed E-state index contributed by atoms with van der Waals surface area (Å²) in [6, 6.07) is 16.8. The number of carbonyl (C=O) groups is 4. The van der Waals surface area contributed by atoms with Crippen molar-refractivity contribution < 1.29 is 38.5 Å². The minimum Gasteiger partial charge on any atom is -0.480 e. The molecule has 35 heavy (non-hydrogen) atoms. The van der Waals surface area contributed by atoms with Gasteiger partial charge in [0.2, 0.25) is 0 Å². The number of carboxylic acids is 1. The van der Waals surface area contributed by atoms with Gasteiger partial charge in [0, 0.05) is 12.8 Å². The molecule has 2 rings (SSSR count). The van der Waals surface area contributed by atoms with Gasteiger partial charge in [0.05, 0.1) is 7.11 Å². The zero-order valence-corrected chi connectivity index (χ0v) is 19.6. The fraction of sp³-hybridized carbons (Fsp3) is 0.360. The Hall–Kier alpha value is -3.76. The van der Waals surface area contributed by atoms with E-state index in [0.29, 0.717) is 0 Å². The Morgan fingerprint density at radius 2 is 1.14 bits per heavy atom. The molecule has 0 saturated carbocycles. The second-order valence-electron chi connectivity index (χ2n) is 7.44. The van der Waals surface area contributed by atoms with Gasteiger partial charge in [0.25, 0.3) is 0 Å². The van der Waals surface area contributed by atoms with Crippen LogP contribution >= 0.6 is 0 Å². The number of aliphatic carboxylic acids is 1. The number of carbonyl (C=O) groups excluding carboxylic acids is 3. The van der Waals surface area contributed by atoms with Crippen LogP contribution in [0.5, 0.6) is 0 Å². The predicted octanol–water partition coefficient (Wildman–Crippen LogP) is 1.93. The summed E-state index contributed by atoms with van der Waals surface area (Å²) in [6.07, 6.45) is 0.423. The van der Waals surface area contributed by atoms with Crippen molar-refractivity contribution in [1.29, 1.82) is 0 Å². The van der Waals surface area contributed by atoms with Crippen LogP contribution in [0.3, 0.4) is 0 Å². The fourth-order valence-corrected chi connectivity index (χ4v) is 2.56. The van der Waals surface area contributed by atoms with Crippen molar-refractivity contribution in [1.82, 2.24) is 0 Å². The summed E-state index contributed by atoms with van der Waals surface area (Å²) in [5.41, 5.74) is 12.6. The van der Waals surface area contributed by atoms with Gasteiger partial charge >= 0.3 is 23.9 Å². The number of carboxylic acid groups (broad SMARTS) is 1. The van der Waals surface area contributed by atoms with Crippen LogP contribution in [0, 0.1) is 0 Å². The number of hydrogen-bond donors (Lipinski definition) is 3. The molecule has 5 N–H and O–H groups in total. The molecule has 2 aromatic rings. The summed E-state index contributed by atoms with van der Waals surface area (Å²) in [4.78, 5) is 44.1. The van der Waals surface area contributed by atoms with Gasteiger partial charge < -0.3 is 30.8 Å². The molecule has 0 saturated heterocycles. The van der Waals surface area contributed by atoms with Gasteiger partial charge in [-0.3, -0.25) is 19.2 Å². The third-order valence-corrected chi connectivity index (χ3v) is 4.63. The Bertz CT molecular complexity index is 922. The van der Waals surface area contributed by atoms with Crippen LogP contribution in [0.1, 0.15) is 36.8 Å². The van der Waals surface area contributed by atoms with Crippen molar-refractivity contribution in [3.8, 4) is 0 Å². The third-order valence-electron chi connectivity index (χ3n) is 4.63. The average molecular weight is 489 g/mol. The Morgan fingerprint density at radius 1 is 0.743 bits per heavy atom. The van der Waals surface area contributed by atoms with Crippen molar-refractivity contribution >= 4 is 23.9 Å². The van der Waals surface area contributed by atoms with Crippen LogP contribution in [0.4, 0.5) is 0 Å². The molecule has 0 aliphatic carbocycles. The van der Waals surface area contributed by atoms with E-state index in [1.54, 1.807) is 0 Å². The molecule has 0 fully saturated rings. The van der Waals surface area contributed by atoms with Gasteiger partial charge in [0.15, 0.2) is 0 Å². The van der Waals surface area contributed by atoms with Crippen molar-refractivity contribution in [3.05, 3.63) is 71.8 Å². The van der Waals surface area contributed by atoms with Gasteiger partial charge in [-0.05, 0) is 24.0 Å². The van der Waals surface area contributed by atoms with Crippen molar-refractivity contribution in [2.45, 2.75) is 51.0 Å². The zero-order valence-electron chi connectivity index (χ0n) is 19.6. The van der Waals surface area contributed by atoms with E-state index in [-0.39, 0.29) is 44.9 Å². The minimum atomic E-state index is -1.11. The maximum Gasteiger partial charge on any atom is 0.322 e. The van der Waals surface area contributed by atoms with Crippen LogP contribution in [0.15, 0.2) is 60.7 Å². The van der Waals surface area contributed by atoms with E-state index >= 15 is 0 Å². The first-order chi connectivity index (χ1) is 16.7. The quantitative estimate of drug-likeness (QED) is 0.296. The smallest absolute Gasteiger partial charge is 0.322 e. The van der Waals surface area contributed by atoms with E-state index in [0.717, 1.165) is 11.1 Å². The highest BCUT2D eigenvalue weighted by atomic mass is 16.5. The molecule has 2 atom stereocenters. The Morgan fingerprint density at radius 3 is 1.51 bits per heavy atom. The largest absolute Gasteiger partial charge is 0.480 e. The van der Waals surface area contributed by atoms with Crippen LogP contribution < -0.4 is 11.5 Å². The predicted molar refractivity (Wildman–Crippen MR) is 127 cm³/mol. The molecule has 0 spiro atoms. The van der Waals surface area contributed by atoms with E-state index in [2.05, 4.69) is 4.74 Å². The first-order valence-electron chi connectivity index (χ1n) is 10.9. The summed E-state index contributed by atoms with van der Waals surface area (Å²) in [5, 5.41) is 8.53. The highest BCUT2D eigenvalue weighted by Crippen LogP contribution is 2.05. The van der Waals surface area contributed by atoms with Crippen LogP contribution in [-0.4, -0.2) is 48.2 Å². The molecule has 10 nitrogen and oxygen atoms in total. The Kier molecular flexibility index (Phi) is 14.0. The molecule has 0 aromatic heterocycles. The molecule has 0 radical (unpaired) electrons. The summed E-state index contributed by atoms with van der Waals surface area (Å²) in [5.74, 6) is -2.45. The highest BCUT2D eigenvalue weighted by Gasteiger charge is 2.16. The third kappa shape index (κ3) is 13.5. The van der Waals surface area contributed by atoms with Gasteiger partial charge in [-0.1, -0.05) is 60.7 Å². The summed E-state index contributed by atoms with van der Waals surface area (Å²) >= 11 is 0. The lowest BCUT2D eigenvalue weighted by Crippen LogP contribution is -2.32. The Balaban J connectivity index is 0.000000351. The molecule has 0 aliphatic rings. The molecule has 0 heterocycles. The number of benzene rings is 2. The highest BCUT2D eigenvalue weighted by molar-refractivity contribution is 5.77. The molecule has 0 amide bonds. The number of esters is 3. The molecule has 0 aliphatic heterocycles. The molecular formula is C25H32N2O8. The van der Waals surface area contributed by atoms with E-state index < -0.39 is 30.0 Å². The number of rotatable bonds is 12. The summed E-state index contributed by atoms with van der Waals surface area (Å²) < 4.78 is 14.5. The number of nitrogens with two attached hydrogens (primary N) is 2. The van der Waals surface area contributed by atoms with Crippen molar-refractivity contribution in [3.63, 3.8) is 0 Å². The zero-order chi connectivity index (χ0) is 26.1. The molecular weight excluding hydrogens is 456 g/mol. The lowest BCUT2D eigenvalue weighted by Gasteiger charge is -2.09. The van der Waals surface area contributed by atoms with Gasteiger partial charge in [-0.15, -0.1) is 0 Å². The number of methoxy groups -OCH3 is 1. The van der Waals surface area contributed by atoms with Gasteiger partial charge in [0.1, 0.15) is 25.3 Å². The molecule has 0 bridgehead atoms. The minimum absolute atomic E-state index is 0.0142. The van der Waals surface area contributed by atoms with Crippen molar-refractivity contribution in [2.24, 2.45) is 11.5 Å². The van der Waals surface area contributed by atoms with E-state index in [1.165, 1.54) is 7.11 Å². The molecule has 0 unspecified atom stereocenters. The molecule has 2 aromatic carbocycles. The number of hydrogen-bond acceptors (Lipinski definition) is 9. The molecule has 10 heteroatoms. The lowest BCUT2D eigenvalue weighted by atomic mass is 10.2. The fourth-order valence-electron chi connectivity index (χ4n) is 2.56. The first kappa shape index (κ1) is 29.3. The van der Waals surface area contributed by atoms with Crippen LogP contribution in [0.25, 0.3) is 0 Å². The van der Waals surface area contributed by atoms with E-state index in [9.17, 15) is 19.2 Å². The number of ether oxygens (including phenoxy) is 3. The van der Waals surface area contributed by atoms with E-state index in [1.807, 2.05) is 60.7 Å². The Labute approximate surface area is 204 Å². The van der Waals surface area contributed by atoms with Crippen LogP contribution in [-0.2, 0) is 46.6 Å². The molecule has 190 valence electrons. The normalized spacial score (nSPS) is 11.7. The maximum absolute atomic E-state index is 11.4. The average Bonchev–Trinajstić information content (AvgIpc) is 2.88. The summed E-state index contributed by atoms with van der Waals surface area (Å²) in [6.45, 7) is 0.426. The lowest BCUT2D eigenvalue weighted by molar-refractivity contribution is -0.147. The van der Waals surface area contributed by atoms with Crippen LogP contribution in [0.2, 0.25) is 0 Å². The second kappa shape index (κ2) is 16.8. The SMILES string of the molecule is COC(=O)[C@@H](N)CCC(=O)OCc1ccccc1.N[C@@H](CCC(=O)OCc1ccccc1)C(=O)O. The second-order valence-corrected chi connectivity index (χ2v) is 7.44. The first-order valence-corrected chi connectivity index (χ1v) is 10.9. The maximum atomic E-state index is 11.4. The standard InChI is InChI=1S/C13H17NO4.C12H15NO4/c1-17-13(16)11(14)7-8-12(15)18-9-10-5-3-2-4-6-10;13-10(12(15)16)6-7-11(14)17-8-9-4-2-1-3-5-9/h2-6,11H,7-9,14H2,1H3;1-5,10H,6-8,13H2,(H,15,16)/t11-;10-/m00/s1. The van der Waals surface area contributed by atoms with Crippen molar-refractivity contribution in [2.75, 3.05) is 7.11 Å². The summed E-state index contributed by atoms with van der Waals surface area (Å²) in [7, 11) is 1.26. The topological polar surface area (TPSA) is 168 Å². The monoisotopic (exact) mass is 488 g/mol. The van der Waals surface area contributed by atoms with Gasteiger partial charge in [-0.2, -0.15) is 0 Å².